The lowest BCUT2D eigenvalue weighted by atomic mass is 9.95. The number of carbonyl (C=O) groups is 2. The molecule has 0 spiro atoms. The van der Waals surface area contributed by atoms with Crippen molar-refractivity contribution in [2.75, 3.05) is 13.1 Å². The minimum absolute atomic E-state index is 0.0868. The number of furan rings is 2. The highest BCUT2D eigenvalue weighted by molar-refractivity contribution is 5.92. The van der Waals surface area contributed by atoms with E-state index in [4.69, 9.17) is 8.83 Å². The zero-order valence-electron chi connectivity index (χ0n) is 17.6. The molecule has 6 heteroatoms. The van der Waals surface area contributed by atoms with Crippen LogP contribution in [0, 0.1) is 5.92 Å². The number of amides is 2. The second-order valence-corrected chi connectivity index (χ2v) is 8.11. The summed E-state index contributed by atoms with van der Waals surface area (Å²) in [5, 5.41) is 4.17. The molecule has 4 aromatic rings. The van der Waals surface area contributed by atoms with Crippen LogP contribution in [-0.4, -0.2) is 29.8 Å². The van der Waals surface area contributed by atoms with Gasteiger partial charge in [-0.15, -0.1) is 0 Å². The average molecular weight is 428 g/mol. The number of fused-ring (bicyclic) bond motifs is 1. The molecule has 1 aliphatic rings. The molecule has 0 saturated carbocycles. The Hall–Kier alpha value is -3.80. The number of hydrogen-bond acceptors (Lipinski definition) is 4. The van der Waals surface area contributed by atoms with Crippen LogP contribution in [0.3, 0.4) is 0 Å². The number of benzene rings is 2. The molecule has 2 amide bonds. The number of nitrogens with zero attached hydrogens (tertiary/aromatic N) is 1. The zero-order valence-corrected chi connectivity index (χ0v) is 17.6. The SMILES string of the molecule is O=C(NC(c1ccccc1)c1cc2ccccc2o1)C1CCCN(C(=O)c2ccco2)C1. The fourth-order valence-electron chi connectivity index (χ4n) is 4.30. The highest BCUT2D eigenvalue weighted by Gasteiger charge is 2.32. The van der Waals surface area contributed by atoms with Gasteiger partial charge in [-0.3, -0.25) is 9.59 Å². The normalized spacial score (nSPS) is 17.2. The van der Waals surface area contributed by atoms with Crippen molar-refractivity contribution in [3.8, 4) is 0 Å². The van der Waals surface area contributed by atoms with Gasteiger partial charge in [0.05, 0.1) is 12.2 Å². The van der Waals surface area contributed by atoms with Crippen molar-refractivity contribution in [1.29, 1.82) is 0 Å². The van der Waals surface area contributed by atoms with Crippen molar-refractivity contribution in [2.24, 2.45) is 5.92 Å². The number of nitrogens with one attached hydrogen (secondary N) is 1. The number of carbonyl (C=O) groups excluding carboxylic acids is 2. The van der Waals surface area contributed by atoms with Gasteiger partial charge in [0.15, 0.2) is 5.76 Å². The third-order valence-electron chi connectivity index (χ3n) is 5.96. The van der Waals surface area contributed by atoms with Crippen molar-refractivity contribution in [3.05, 3.63) is 96.1 Å². The fraction of sp³-hybridized carbons (Fsp3) is 0.231. The monoisotopic (exact) mass is 428 g/mol. The van der Waals surface area contributed by atoms with E-state index < -0.39 is 6.04 Å². The Balaban J connectivity index is 1.37. The molecule has 1 N–H and O–H groups in total. The fourth-order valence-corrected chi connectivity index (χ4v) is 4.30. The van der Waals surface area contributed by atoms with E-state index in [0.717, 1.165) is 29.4 Å². The summed E-state index contributed by atoms with van der Waals surface area (Å²) in [5.74, 6) is 0.430. The van der Waals surface area contributed by atoms with Crippen LogP contribution in [0.1, 0.15) is 40.8 Å². The lowest BCUT2D eigenvalue weighted by Gasteiger charge is -2.32. The first-order valence-corrected chi connectivity index (χ1v) is 10.9. The van der Waals surface area contributed by atoms with E-state index in [2.05, 4.69) is 5.32 Å². The molecule has 1 fully saturated rings. The molecule has 0 bridgehead atoms. The van der Waals surface area contributed by atoms with Gasteiger partial charge < -0.3 is 19.1 Å². The van der Waals surface area contributed by atoms with E-state index in [1.807, 2.05) is 60.7 Å². The number of rotatable bonds is 5. The van der Waals surface area contributed by atoms with Crippen molar-refractivity contribution in [3.63, 3.8) is 0 Å². The van der Waals surface area contributed by atoms with Gasteiger partial charge in [0.2, 0.25) is 5.91 Å². The zero-order chi connectivity index (χ0) is 21.9. The molecule has 0 aliphatic carbocycles. The molecule has 3 heterocycles. The second-order valence-electron chi connectivity index (χ2n) is 8.11. The van der Waals surface area contributed by atoms with Crippen LogP contribution >= 0.6 is 0 Å². The summed E-state index contributed by atoms with van der Waals surface area (Å²) in [4.78, 5) is 27.7. The Labute approximate surface area is 185 Å². The van der Waals surface area contributed by atoms with Crippen LogP contribution in [0.2, 0.25) is 0 Å². The highest BCUT2D eigenvalue weighted by Crippen LogP contribution is 2.29. The minimum atomic E-state index is -0.410. The molecule has 1 saturated heterocycles. The summed E-state index contributed by atoms with van der Waals surface area (Å²) in [6.07, 6.45) is 2.99. The number of likely N-dealkylation sites (tertiary alicyclic amines) is 1. The molecule has 2 unspecified atom stereocenters. The molecule has 2 atom stereocenters. The molecule has 32 heavy (non-hydrogen) atoms. The van der Waals surface area contributed by atoms with Crippen LogP contribution in [0.15, 0.2) is 87.9 Å². The third-order valence-corrected chi connectivity index (χ3v) is 5.96. The molecule has 0 radical (unpaired) electrons. The smallest absolute Gasteiger partial charge is 0.289 e. The van der Waals surface area contributed by atoms with E-state index in [1.54, 1.807) is 17.0 Å². The topological polar surface area (TPSA) is 75.7 Å². The summed E-state index contributed by atoms with van der Waals surface area (Å²) in [7, 11) is 0. The summed E-state index contributed by atoms with van der Waals surface area (Å²) in [5.41, 5.74) is 1.73. The van der Waals surface area contributed by atoms with Gasteiger partial charge in [0.25, 0.3) is 5.91 Å². The molecular formula is C26H24N2O4. The first kappa shape index (κ1) is 20.1. The van der Waals surface area contributed by atoms with Gasteiger partial charge in [-0.1, -0.05) is 48.5 Å². The summed E-state index contributed by atoms with van der Waals surface area (Å²) in [6, 6.07) is 22.5. The standard InChI is InChI=1S/C26H24N2O4/c29-25(20-11-6-14-28(17-20)26(30)22-13-7-15-31-22)27-24(18-8-2-1-3-9-18)23-16-19-10-4-5-12-21(19)32-23/h1-5,7-10,12-13,15-16,20,24H,6,11,14,17H2,(H,27,29). The molecule has 2 aromatic carbocycles. The van der Waals surface area contributed by atoms with Crippen molar-refractivity contribution < 1.29 is 18.4 Å². The summed E-state index contributed by atoms with van der Waals surface area (Å²) in [6.45, 7) is 0.988. The summed E-state index contributed by atoms with van der Waals surface area (Å²) >= 11 is 0. The lowest BCUT2D eigenvalue weighted by molar-refractivity contribution is -0.127. The maximum Gasteiger partial charge on any atom is 0.289 e. The minimum Gasteiger partial charge on any atom is -0.459 e. The van der Waals surface area contributed by atoms with E-state index in [-0.39, 0.29) is 17.7 Å². The Morgan fingerprint density at radius 3 is 2.59 bits per heavy atom. The van der Waals surface area contributed by atoms with Crippen molar-refractivity contribution in [2.45, 2.75) is 18.9 Å². The second kappa shape index (κ2) is 8.75. The maximum absolute atomic E-state index is 13.3. The van der Waals surface area contributed by atoms with Crippen LogP contribution in [0.25, 0.3) is 11.0 Å². The van der Waals surface area contributed by atoms with E-state index in [0.29, 0.717) is 24.6 Å². The molecule has 1 aliphatic heterocycles. The molecule has 162 valence electrons. The van der Waals surface area contributed by atoms with Gasteiger partial charge in [0, 0.05) is 18.5 Å². The predicted molar refractivity (Wildman–Crippen MR) is 120 cm³/mol. The third kappa shape index (κ3) is 4.04. The molecule has 6 nitrogen and oxygen atoms in total. The number of para-hydroxylation sites is 1. The van der Waals surface area contributed by atoms with Crippen LogP contribution in [0.5, 0.6) is 0 Å². The highest BCUT2D eigenvalue weighted by atomic mass is 16.3. The first-order valence-electron chi connectivity index (χ1n) is 10.9. The van der Waals surface area contributed by atoms with Gasteiger partial charge in [-0.2, -0.15) is 0 Å². The van der Waals surface area contributed by atoms with Crippen molar-refractivity contribution >= 4 is 22.8 Å². The van der Waals surface area contributed by atoms with E-state index >= 15 is 0 Å². The van der Waals surface area contributed by atoms with Crippen LogP contribution in [0.4, 0.5) is 0 Å². The Morgan fingerprint density at radius 1 is 1.00 bits per heavy atom. The van der Waals surface area contributed by atoms with Gasteiger partial charge >= 0.3 is 0 Å². The molecular weight excluding hydrogens is 404 g/mol. The van der Waals surface area contributed by atoms with Gasteiger partial charge in [-0.25, -0.2) is 0 Å². The molecule has 2 aromatic heterocycles. The summed E-state index contributed by atoms with van der Waals surface area (Å²) < 4.78 is 11.3. The van der Waals surface area contributed by atoms with Crippen LogP contribution in [-0.2, 0) is 4.79 Å². The average Bonchev–Trinajstić information content (AvgIpc) is 3.52. The Morgan fingerprint density at radius 2 is 1.81 bits per heavy atom. The van der Waals surface area contributed by atoms with E-state index in [1.165, 1.54) is 6.26 Å². The first-order chi connectivity index (χ1) is 15.7. The van der Waals surface area contributed by atoms with Crippen LogP contribution < -0.4 is 5.32 Å². The Bertz CT molecular complexity index is 1180. The van der Waals surface area contributed by atoms with Crippen molar-refractivity contribution in [1.82, 2.24) is 10.2 Å². The largest absolute Gasteiger partial charge is 0.459 e. The Kier molecular flexibility index (Phi) is 5.50. The molecule has 5 rings (SSSR count). The quantitative estimate of drug-likeness (QED) is 0.496. The lowest BCUT2D eigenvalue weighted by Crippen LogP contribution is -2.46. The van der Waals surface area contributed by atoms with E-state index in [9.17, 15) is 9.59 Å². The van der Waals surface area contributed by atoms with Gasteiger partial charge in [-0.05, 0) is 42.7 Å². The maximum atomic E-state index is 13.3. The van der Waals surface area contributed by atoms with Gasteiger partial charge in [0.1, 0.15) is 17.4 Å². The number of hydrogen-bond donors (Lipinski definition) is 1. The number of piperidine rings is 1. The predicted octanol–water partition coefficient (Wildman–Crippen LogP) is 4.78.